The van der Waals surface area contributed by atoms with Crippen LogP contribution in [0.4, 0.5) is 0 Å². The molecule has 0 bridgehead atoms. The first-order valence-corrected chi connectivity index (χ1v) is 6.61. The van der Waals surface area contributed by atoms with Crippen LogP contribution >= 0.6 is 23.2 Å². The molecule has 4 heteroatoms. The van der Waals surface area contributed by atoms with Crippen molar-refractivity contribution in [1.29, 1.82) is 0 Å². The topological polar surface area (TPSA) is 21.3 Å². The van der Waals surface area contributed by atoms with Crippen molar-refractivity contribution in [2.75, 3.05) is 14.2 Å². The average molecular weight is 274 g/mol. The quantitative estimate of drug-likeness (QED) is 0.874. The number of ether oxygens (including phenoxy) is 1. The van der Waals surface area contributed by atoms with E-state index in [1.54, 1.807) is 13.2 Å². The molecule has 1 saturated carbocycles. The molecule has 0 aromatic heterocycles. The summed E-state index contributed by atoms with van der Waals surface area (Å²) in [5, 5.41) is 4.64. The SMILES string of the molecule is CNC(CC1CC1)c1cc(Cl)c(OC)cc1Cl. The van der Waals surface area contributed by atoms with Gasteiger partial charge in [-0.15, -0.1) is 0 Å². The van der Waals surface area contributed by atoms with Crippen LogP contribution in [0.15, 0.2) is 12.1 Å². The first kappa shape index (κ1) is 13.0. The van der Waals surface area contributed by atoms with E-state index in [-0.39, 0.29) is 6.04 Å². The number of benzene rings is 1. The van der Waals surface area contributed by atoms with Crippen LogP contribution < -0.4 is 10.1 Å². The van der Waals surface area contributed by atoms with Gasteiger partial charge >= 0.3 is 0 Å². The van der Waals surface area contributed by atoms with Gasteiger partial charge in [-0.1, -0.05) is 36.0 Å². The predicted molar refractivity (Wildman–Crippen MR) is 72.2 cm³/mol. The van der Waals surface area contributed by atoms with E-state index in [1.807, 2.05) is 13.1 Å². The maximum Gasteiger partial charge on any atom is 0.138 e. The lowest BCUT2D eigenvalue weighted by molar-refractivity contribution is 0.414. The van der Waals surface area contributed by atoms with Gasteiger partial charge in [0, 0.05) is 17.1 Å². The van der Waals surface area contributed by atoms with Gasteiger partial charge in [-0.2, -0.15) is 0 Å². The van der Waals surface area contributed by atoms with Crippen LogP contribution in [0, 0.1) is 5.92 Å². The van der Waals surface area contributed by atoms with E-state index in [9.17, 15) is 0 Å². The van der Waals surface area contributed by atoms with Crippen LogP contribution in [0.2, 0.25) is 10.0 Å². The number of hydrogen-bond acceptors (Lipinski definition) is 2. The zero-order valence-corrected chi connectivity index (χ0v) is 11.6. The molecule has 1 aliphatic rings. The Labute approximate surface area is 112 Å². The summed E-state index contributed by atoms with van der Waals surface area (Å²) >= 11 is 12.4. The van der Waals surface area contributed by atoms with Crippen molar-refractivity contribution >= 4 is 23.2 Å². The number of halogens is 2. The molecule has 0 saturated heterocycles. The molecule has 1 atom stereocenters. The summed E-state index contributed by atoms with van der Waals surface area (Å²) in [5.74, 6) is 1.46. The summed E-state index contributed by atoms with van der Waals surface area (Å²) in [7, 11) is 3.55. The van der Waals surface area contributed by atoms with Gasteiger partial charge in [-0.05, 0) is 31.0 Å². The van der Waals surface area contributed by atoms with Gasteiger partial charge in [-0.3, -0.25) is 0 Å². The summed E-state index contributed by atoms with van der Waals surface area (Å²) in [6.45, 7) is 0. The van der Waals surface area contributed by atoms with Crippen molar-refractivity contribution in [2.24, 2.45) is 5.92 Å². The third-order valence-electron chi connectivity index (χ3n) is 3.26. The number of hydrogen-bond donors (Lipinski definition) is 1. The number of methoxy groups -OCH3 is 1. The van der Waals surface area contributed by atoms with Gasteiger partial charge in [0.05, 0.1) is 12.1 Å². The molecule has 1 N–H and O–H groups in total. The monoisotopic (exact) mass is 273 g/mol. The summed E-state index contributed by atoms with van der Waals surface area (Å²) in [6.07, 6.45) is 3.79. The molecule has 94 valence electrons. The van der Waals surface area contributed by atoms with Crippen LogP contribution in [0.3, 0.4) is 0 Å². The third-order valence-corrected chi connectivity index (χ3v) is 3.88. The van der Waals surface area contributed by atoms with Crippen molar-refractivity contribution < 1.29 is 4.74 Å². The van der Waals surface area contributed by atoms with Gasteiger partial charge in [0.15, 0.2) is 0 Å². The van der Waals surface area contributed by atoms with Crippen molar-refractivity contribution in [3.63, 3.8) is 0 Å². The molecule has 1 aliphatic carbocycles. The molecule has 17 heavy (non-hydrogen) atoms. The molecule has 1 aromatic rings. The van der Waals surface area contributed by atoms with Gasteiger partial charge < -0.3 is 10.1 Å². The van der Waals surface area contributed by atoms with Crippen LogP contribution in [0.25, 0.3) is 0 Å². The van der Waals surface area contributed by atoms with Crippen molar-refractivity contribution in [3.8, 4) is 5.75 Å². The van der Waals surface area contributed by atoms with E-state index in [2.05, 4.69) is 5.32 Å². The molecule has 0 amide bonds. The Hall–Kier alpha value is -0.440. The maximum atomic E-state index is 6.28. The fourth-order valence-electron chi connectivity index (χ4n) is 2.05. The van der Waals surface area contributed by atoms with Crippen molar-refractivity contribution in [1.82, 2.24) is 5.32 Å². The molecule has 0 heterocycles. The minimum Gasteiger partial charge on any atom is -0.495 e. The molecular weight excluding hydrogens is 257 g/mol. The summed E-state index contributed by atoms with van der Waals surface area (Å²) < 4.78 is 5.15. The van der Waals surface area contributed by atoms with Crippen molar-refractivity contribution in [2.45, 2.75) is 25.3 Å². The Balaban J connectivity index is 2.25. The van der Waals surface area contributed by atoms with Crippen LogP contribution in [0.5, 0.6) is 5.75 Å². The lowest BCUT2D eigenvalue weighted by Crippen LogP contribution is -2.17. The second-order valence-corrected chi connectivity index (χ2v) is 5.34. The number of rotatable bonds is 5. The molecule has 0 radical (unpaired) electrons. The van der Waals surface area contributed by atoms with E-state index in [0.717, 1.165) is 17.9 Å². The Morgan fingerprint density at radius 3 is 2.59 bits per heavy atom. The molecule has 1 aromatic carbocycles. The minimum atomic E-state index is 0.276. The Kier molecular flexibility index (Phi) is 4.18. The first-order valence-electron chi connectivity index (χ1n) is 5.86. The van der Waals surface area contributed by atoms with Gasteiger partial charge in [0.25, 0.3) is 0 Å². The Morgan fingerprint density at radius 1 is 1.35 bits per heavy atom. The second kappa shape index (κ2) is 5.47. The maximum absolute atomic E-state index is 6.28. The molecule has 2 nitrogen and oxygen atoms in total. The lowest BCUT2D eigenvalue weighted by atomic mass is 10.0. The highest BCUT2D eigenvalue weighted by atomic mass is 35.5. The normalized spacial score (nSPS) is 16.9. The van der Waals surface area contributed by atoms with Crippen molar-refractivity contribution in [3.05, 3.63) is 27.7 Å². The van der Waals surface area contributed by atoms with E-state index < -0.39 is 0 Å². The van der Waals surface area contributed by atoms with E-state index in [0.29, 0.717) is 15.8 Å². The highest BCUT2D eigenvalue weighted by Gasteiger charge is 2.27. The second-order valence-electron chi connectivity index (χ2n) is 4.53. The molecule has 1 fully saturated rings. The Bertz CT molecular complexity index is 405. The fourth-order valence-corrected chi connectivity index (χ4v) is 2.59. The summed E-state index contributed by atoms with van der Waals surface area (Å²) in [4.78, 5) is 0. The minimum absolute atomic E-state index is 0.276. The summed E-state index contributed by atoms with van der Waals surface area (Å²) in [6, 6.07) is 3.97. The van der Waals surface area contributed by atoms with Crippen LogP contribution in [-0.2, 0) is 0 Å². The lowest BCUT2D eigenvalue weighted by Gasteiger charge is -2.19. The van der Waals surface area contributed by atoms with Crippen LogP contribution in [-0.4, -0.2) is 14.2 Å². The van der Waals surface area contributed by atoms with E-state index >= 15 is 0 Å². The largest absolute Gasteiger partial charge is 0.495 e. The smallest absolute Gasteiger partial charge is 0.138 e. The Morgan fingerprint density at radius 2 is 2.06 bits per heavy atom. The first-order chi connectivity index (χ1) is 8.15. The van der Waals surface area contributed by atoms with E-state index in [4.69, 9.17) is 27.9 Å². The average Bonchev–Trinajstić information content (AvgIpc) is 3.12. The van der Waals surface area contributed by atoms with Gasteiger partial charge in [0.1, 0.15) is 5.75 Å². The van der Waals surface area contributed by atoms with Crippen LogP contribution in [0.1, 0.15) is 30.9 Å². The highest BCUT2D eigenvalue weighted by Crippen LogP contribution is 2.41. The molecule has 1 unspecified atom stereocenters. The zero-order chi connectivity index (χ0) is 12.4. The molecule has 0 spiro atoms. The standard InChI is InChI=1S/C13H17Cl2NO/c1-16-12(5-8-3-4-8)9-6-11(15)13(17-2)7-10(9)14/h6-8,12,16H,3-5H2,1-2H3. The number of nitrogens with one attached hydrogen (secondary N) is 1. The predicted octanol–water partition coefficient (Wildman–Crippen LogP) is 4.06. The molecule has 0 aliphatic heterocycles. The molecular formula is C13H17Cl2NO. The molecule has 2 rings (SSSR count). The fraction of sp³-hybridized carbons (Fsp3) is 0.538. The van der Waals surface area contributed by atoms with E-state index in [1.165, 1.54) is 12.8 Å². The highest BCUT2D eigenvalue weighted by molar-refractivity contribution is 6.34. The van der Waals surface area contributed by atoms with Gasteiger partial charge in [-0.25, -0.2) is 0 Å². The van der Waals surface area contributed by atoms with Gasteiger partial charge in [0.2, 0.25) is 0 Å². The third kappa shape index (κ3) is 3.06. The summed E-state index contributed by atoms with van der Waals surface area (Å²) in [5.41, 5.74) is 1.06. The zero-order valence-electron chi connectivity index (χ0n) is 10.1.